The number of urea groups is 1. The van der Waals surface area contributed by atoms with E-state index in [0.29, 0.717) is 31.5 Å². The number of likely N-dealkylation sites (tertiary alicyclic amines) is 1. The van der Waals surface area contributed by atoms with E-state index in [1.807, 2.05) is 9.80 Å². The maximum atomic E-state index is 12.6. The molecule has 2 fully saturated rings. The second kappa shape index (κ2) is 4.33. The molecule has 2 atom stereocenters. The highest BCUT2D eigenvalue weighted by molar-refractivity contribution is 5.75. The SMILES string of the molecule is O=C(N1CCc2c(nc[nH]c2=O)C1)N1CC2CCC1C2. The quantitative estimate of drug-likeness (QED) is 0.758. The van der Waals surface area contributed by atoms with Gasteiger partial charge in [-0.2, -0.15) is 0 Å². The van der Waals surface area contributed by atoms with Crippen LogP contribution in [0.2, 0.25) is 0 Å². The van der Waals surface area contributed by atoms with Crippen molar-refractivity contribution in [2.24, 2.45) is 5.92 Å². The first-order chi connectivity index (χ1) is 9.72. The summed E-state index contributed by atoms with van der Waals surface area (Å²) in [6.45, 7) is 2.00. The van der Waals surface area contributed by atoms with Crippen molar-refractivity contribution in [3.8, 4) is 0 Å². The number of fused-ring (bicyclic) bond motifs is 3. The Kier molecular flexibility index (Phi) is 2.58. The monoisotopic (exact) mass is 274 g/mol. The van der Waals surface area contributed by atoms with Crippen LogP contribution in [0.15, 0.2) is 11.1 Å². The fourth-order valence-corrected chi connectivity index (χ4v) is 3.87. The summed E-state index contributed by atoms with van der Waals surface area (Å²) in [6.07, 6.45) is 5.63. The number of carbonyl (C=O) groups excluding carboxylic acids is 1. The molecule has 2 unspecified atom stereocenters. The molecule has 0 radical (unpaired) electrons. The van der Waals surface area contributed by atoms with Crippen LogP contribution in [0.25, 0.3) is 0 Å². The number of hydrogen-bond donors (Lipinski definition) is 1. The van der Waals surface area contributed by atoms with Crippen LogP contribution in [0.4, 0.5) is 4.79 Å². The number of aromatic amines is 1. The fourth-order valence-electron chi connectivity index (χ4n) is 3.87. The molecule has 0 spiro atoms. The summed E-state index contributed by atoms with van der Waals surface area (Å²) in [5, 5.41) is 0. The van der Waals surface area contributed by atoms with E-state index in [9.17, 15) is 9.59 Å². The Morgan fingerprint density at radius 3 is 3.05 bits per heavy atom. The molecule has 2 aliphatic heterocycles. The van der Waals surface area contributed by atoms with Crippen LogP contribution < -0.4 is 5.56 Å². The molecule has 2 bridgehead atoms. The predicted octanol–water partition coefficient (Wildman–Crippen LogP) is 0.732. The minimum Gasteiger partial charge on any atom is -0.321 e. The lowest BCUT2D eigenvalue weighted by molar-refractivity contribution is 0.133. The molecule has 1 aliphatic carbocycles. The van der Waals surface area contributed by atoms with Gasteiger partial charge in [-0.3, -0.25) is 4.79 Å². The molecule has 1 saturated carbocycles. The average molecular weight is 274 g/mol. The molecule has 4 rings (SSSR count). The Bertz CT molecular complexity index is 611. The first kappa shape index (κ1) is 11.9. The smallest absolute Gasteiger partial charge is 0.320 e. The van der Waals surface area contributed by atoms with Crippen LogP contribution in [0.3, 0.4) is 0 Å². The third-order valence-electron chi connectivity index (χ3n) is 4.94. The van der Waals surface area contributed by atoms with Crippen molar-refractivity contribution in [3.63, 3.8) is 0 Å². The van der Waals surface area contributed by atoms with Gasteiger partial charge < -0.3 is 14.8 Å². The molecular formula is C14H18N4O2. The van der Waals surface area contributed by atoms with Gasteiger partial charge in [0.1, 0.15) is 0 Å². The summed E-state index contributed by atoms with van der Waals surface area (Å²) in [5.74, 6) is 0.710. The van der Waals surface area contributed by atoms with Gasteiger partial charge in [-0.05, 0) is 31.6 Å². The predicted molar refractivity (Wildman–Crippen MR) is 72.2 cm³/mol. The Morgan fingerprint density at radius 1 is 1.40 bits per heavy atom. The molecule has 1 aromatic rings. The van der Waals surface area contributed by atoms with E-state index in [1.54, 1.807) is 0 Å². The van der Waals surface area contributed by atoms with E-state index in [4.69, 9.17) is 0 Å². The van der Waals surface area contributed by atoms with E-state index in [1.165, 1.54) is 19.2 Å². The number of hydrogen-bond acceptors (Lipinski definition) is 3. The molecule has 3 heterocycles. The Balaban J connectivity index is 1.53. The summed E-state index contributed by atoms with van der Waals surface area (Å²) in [4.78, 5) is 35.0. The van der Waals surface area contributed by atoms with Crippen molar-refractivity contribution in [2.45, 2.75) is 38.3 Å². The molecule has 20 heavy (non-hydrogen) atoms. The standard InChI is InChI=1S/C14H18N4O2/c19-13-11-3-4-17(7-12(11)15-8-16-13)14(20)18-6-9-1-2-10(18)5-9/h8-10H,1-7H2,(H,15,16,19). The van der Waals surface area contributed by atoms with E-state index in [2.05, 4.69) is 9.97 Å². The second-order valence-corrected chi connectivity index (χ2v) is 6.10. The zero-order chi connectivity index (χ0) is 13.7. The van der Waals surface area contributed by atoms with Crippen molar-refractivity contribution in [3.05, 3.63) is 27.9 Å². The van der Waals surface area contributed by atoms with Gasteiger partial charge in [0.2, 0.25) is 0 Å². The van der Waals surface area contributed by atoms with Crippen molar-refractivity contribution in [2.75, 3.05) is 13.1 Å². The fraction of sp³-hybridized carbons (Fsp3) is 0.643. The van der Waals surface area contributed by atoms with Crippen LogP contribution in [0.5, 0.6) is 0 Å². The van der Waals surface area contributed by atoms with Crippen LogP contribution in [0.1, 0.15) is 30.5 Å². The molecule has 106 valence electrons. The third kappa shape index (κ3) is 1.74. The summed E-state index contributed by atoms with van der Waals surface area (Å²) in [7, 11) is 0. The lowest BCUT2D eigenvalue weighted by atomic mass is 10.1. The highest BCUT2D eigenvalue weighted by Crippen LogP contribution is 2.38. The van der Waals surface area contributed by atoms with Crippen molar-refractivity contribution < 1.29 is 4.79 Å². The number of nitrogens with one attached hydrogen (secondary N) is 1. The average Bonchev–Trinajstić information content (AvgIpc) is 3.09. The normalized spacial score (nSPS) is 27.8. The van der Waals surface area contributed by atoms with Crippen LogP contribution in [0, 0.1) is 5.92 Å². The number of nitrogens with zero attached hydrogens (tertiary/aromatic N) is 3. The summed E-state index contributed by atoms with van der Waals surface area (Å²) in [6, 6.07) is 0.575. The highest BCUT2D eigenvalue weighted by Gasteiger charge is 2.42. The van der Waals surface area contributed by atoms with Gasteiger partial charge in [0, 0.05) is 24.7 Å². The zero-order valence-corrected chi connectivity index (χ0v) is 11.3. The van der Waals surface area contributed by atoms with Gasteiger partial charge in [0.05, 0.1) is 18.6 Å². The van der Waals surface area contributed by atoms with E-state index in [-0.39, 0.29) is 11.6 Å². The van der Waals surface area contributed by atoms with Gasteiger partial charge in [0.25, 0.3) is 5.56 Å². The van der Waals surface area contributed by atoms with Gasteiger partial charge in [-0.15, -0.1) is 0 Å². The lowest BCUT2D eigenvalue weighted by Gasteiger charge is -2.35. The lowest BCUT2D eigenvalue weighted by Crippen LogP contribution is -2.49. The van der Waals surface area contributed by atoms with E-state index in [0.717, 1.165) is 24.2 Å². The van der Waals surface area contributed by atoms with Crippen LogP contribution in [-0.2, 0) is 13.0 Å². The molecular weight excluding hydrogens is 256 g/mol. The third-order valence-corrected chi connectivity index (χ3v) is 4.94. The number of aromatic nitrogens is 2. The molecule has 0 aromatic carbocycles. The second-order valence-electron chi connectivity index (χ2n) is 6.10. The summed E-state index contributed by atoms with van der Waals surface area (Å²) < 4.78 is 0. The first-order valence-electron chi connectivity index (χ1n) is 7.33. The Labute approximate surface area is 116 Å². The molecule has 1 saturated heterocycles. The number of rotatable bonds is 0. The maximum Gasteiger partial charge on any atom is 0.320 e. The zero-order valence-electron chi connectivity index (χ0n) is 11.3. The van der Waals surface area contributed by atoms with E-state index >= 15 is 0 Å². The van der Waals surface area contributed by atoms with Crippen molar-refractivity contribution in [1.29, 1.82) is 0 Å². The molecule has 3 aliphatic rings. The molecule has 6 heteroatoms. The molecule has 1 aromatic heterocycles. The Morgan fingerprint density at radius 2 is 2.30 bits per heavy atom. The van der Waals surface area contributed by atoms with Gasteiger partial charge >= 0.3 is 6.03 Å². The van der Waals surface area contributed by atoms with Crippen molar-refractivity contribution >= 4 is 6.03 Å². The topological polar surface area (TPSA) is 69.3 Å². The van der Waals surface area contributed by atoms with Crippen molar-refractivity contribution in [1.82, 2.24) is 19.8 Å². The minimum atomic E-state index is -0.0673. The van der Waals surface area contributed by atoms with Gasteiger partial charge in [-0.1, -0.05) is 0 Å². The van der Waals surface area contributed by atoms with Gasteiger partial charge in [0.15, 0.2) is 0 Å². The van der Waals surface area contributed by atoms with Crippen LogP contribution >= 0.6 is 0 Å². The maximum absolute atomic E-state index is 12.6. The first-order valence-corrected chi connectivity index (χ1v) is 7.33. The van der Waals surface area contributed by atoms with Gasteiger partial charge in [-0.25, -0.2) is 9.78 Å². The molecule has 2 amide bonds. The van der Waals surface area contributed by atoms with E-state index < -0.39 is 0 Å². The highest BCUT2D eigenvalue weighted by atomic mass is 16.2. The number of piperidine rings is 1. The number of carbonyl (C=O) groups is 1. The summed E-state index contributed by atoms with van der Waals surface area (Å²) >= 11 is 0. The number of amides is 2. The molecule has 6 nitrogen and oxygen atoms in total. The van der Waals surface area contributed by atoms with Crippen LogP contribution in [-0.4, -0.2) is 44.9 Å². The Hall–Kier alpha value is -1.85. The largest absolute Gasteiger partial charge is 0.321 e. The summed E-state index contributed by atoms with van der Waals surface area (Å²) in [5.41, 5.74) is 1.42. The molecule has 1 N–H and O–H groups in total. The number of H-pyrrole nitrogens is 1. The minimum absolute atomic E-state index is 0.0673.